The van der Waals surface area contributed by atoms with E-state index >= 15 is 0 Å². The maximum atomic E-state index is 12.4. The molecule has 1 saturated heterocycles. The molecule has 2 heterocycles. The van der Waals surface area contributed by atoms with Gasteiger partial charge in [-0.1, -0.05) is 0 Å². The van der Waals surface area contributed by atoms with Crippen LogP contribution in [0.1, 0.15) is 16.1 Å². The number of carboxylic acid groups (broad SMARTS) is 1. The van der Waals surface area contributed by atoms with E-state index in [2.05, 4.69) is 5.43 Å². The number of nitrogens with zero attached hydrogens (tertiary/aromatic N) is 2. The molecule has 0 atom stereocenters. The van der Waals surface area contributed by atoms with Gasteiger partial charge in [-0.15, -0.1) is 0 Å². The summed E-state index contributed by atoms with van der Waals surface area (Å²) in [4.78, 5) is 45.0. The largest absolute Gasteiger partial charge is 0.478 e. The zero-order valence-electron chi connectivity index (χ0n) is 12.3. The molecule has 2 aromatic rings. The molecule has 1 aromatic carbocycles. The summed E-state index contributed by atoms with van der Waals surface area (Å²) in [6, 6.07) is 7.66. The number of rotatable bonds is 4. The van der Waals surface area contributed by atoms with E-state index in [1.807, 2.05) is 0 Å². The molecule has 0 spiro atoms. The van der Waals surface area contributed by atoms with Crippen LogP contribution in [0.5, 0.6) is 0 Å². The molecule has 10 heteroatoms. The van der Waals surface area contributed by atoms with Crippen LogP contribution in [0.2, 0.25) is 0 Å². The van der Waals surface area contributed by atoms with Crippen LogP contribution in [0.25, 0.3) is 6.08 Å². The van der Waals surface area contributed by atoms with E-state index in [0.29, 0.717) is 0 Å². The Morgan fingerprint density at radius 2 is 1.88 bits per heavy atom. The van der Waals surface area contributed by atoms with Crippen LogP contribution in [0.4, 0.5) is 11.6 Å². The molecule has 1 aliphatic heterocycles. The minimum atomic E-state index is -1.12. The molecule has 126 valence electrons. The van der Waals surface area contributed by atoms with Crippen LogP contribution in [0, 0.1) is 10.1 Å². The number of hydrogen-bond donors (Lipinski definition) is 2. The fraction of sp³-hybridized carbons (Fsp3) is 0. The number of hydrogen-bond acceptors (Lipinski definition) is 6. The van der Waals surface area contributed by atoms with Crippen LogP contribution in [-0.2, 0) is 9.59 Å². The maximum Gasteiger partial charge on any atom is 0.433 e. The molecule has 2 N–H and O–H groups in total. The SMILES string of the molecule is O=C1NN(c2ccc(C(=O)O)cc2)C(=O)C1=Cc1ccc([N+](=O)[O-])o1. The average molecular weight is 343 g/mol. The lowest BCUT2D eigenvalue weighted by molar-refractivity contribution is -0.402. The molecular weight excluding hydrogens is 334 g/mol. The molecule has 0 aliphatic carbocycles. The second-order valence-corrected chi connectivity index (χ2v) is 4.92. The number of carboxylic acids is 1. The highest BCUT2D eigenvalue weighted by Gasteiger charge is 2.35. The van der Waals surface area contributed by atoms with Crippen LogP contribution in [0.15, 0.2) is 46.4 Å². The summed E-state index contributed by atoms with van der Waals surface area (Å²) in [6.45, 7) is 0. The third-order valence-electron chi connectivity index (χ3n) is 3.34. The number of carbonyl (C=O) groups is 3. The fourth-order valence-corrected chi connectivity index (χ4v) is 2.15. The Morgan fingerprint density at radius 3 is 2.44 bits per heavy atom. The lowest BCUT2D eigenvalue weighted by Crippen LogP contribution is -2.35. The summed E-state index contributed by atoms with van der Waals surface area (Å²) in [5.74, 6) is -3.08. The Hall–Kier alpha value is -3.95. The summed E-state index contributed by atoms with van der Waals surface area (Å²) in [7, 11) is 0. The molecule has 10 nitrogen and oxygen atoms in total. The molecule has 1 fully saturated rings. The Labute approximate surface area is 139 Å². The Balaban J connectivity index is 1.87. The Morgan fingerprint density at radius 1 is 1.20 bits per heavy atom. The highest BCUT2D eigenvalue weighted by atomic mass is 16.6. The first-order chi connectivity index (χ1) is 11.9. The van der Waals surface area contributed by atoms with Crippen molar-refractivity contribution in [3.05, 3.63) is 63.4 Å². The van der Waals surface area contributed by atoms with E-state index in [4.69, 9.17) is 9.52 Å². The van der Waals surface area contributed by atoms with Crippen molar-refractivity contribution in [3.63, 3.8) is 0 Å². The predicted molar refractivity (Wildman–Crippen MR) is 82.4 cm³/mol. The summed E-state index contributed by atoms with van der Waals surface area (Å²) in [5.41, 5.74) is 2.34. The Bertz CT molecular complexity index is 927. The minimum Gasteiger partial charge on any atom is -0.478 e. The third-order valence-corrected chi connectivity index (χ3v) is 3.34. The smallest absolute Gasteiger partial charge is 0.433 e. The van der Waals surface area contributed by atoms with E-state index in [9.17, 15) is 24.5 Å². The summed E-state index contributed by atoms with van der Waals surface area (Å²) in [5, 5.41) is 20.4. The number of anilines is 1. The van der Waals surface area contributed by atoms with Crippen molar-refractivity contribution >= 4 is 35.4 Å². The average Bonchev–Trinajstić information content (AvgIpc) is 3.15. The monoisotopic (exact) mass is 343 g/mol. The first-order valence-electron chi connectivity index (χ1n) is 6.81. The highest BCUT2D eigenvalue weighted by molar-refractivity contribution is 6.31. The lowest BCUT2D eigenvalue weighted by Gasteiger charge is -2.14. The fourth-order valence-electron chi connectivity index (χ4n) is 2.15. The molecule has 0 saturated carbocycles. The van der Waals surface area contributed by atoms with Gasteiger partial charge in [0.05, 0.1) is 17.3 Å². The molecule has 3 rings (SSSR count). The van der Waals surface area contributed by atoms with Gasteiger partial charge in [0.1, 0.15) is 16.3 Å². The van der Waals surface area contributed by atoms with Crippen molar-refractivity contribution in [2.75, 3.05) is 5.01 Å². The standard InChI is InChI=1S/C15H9N3O7/c19-13-11(7-10-5-6-12(25-10)18(23)24)14(20)17(16-13)9-3-1-8(2-4-9)15(21)22/h1-7H,(H,16,19)(H,21,22). The molecule has 1 aliphatic rings. The van der Waals surface area contributed by atoms with Crippen LogP contribution < -0.4 is 10.4 Å². The Kier molecular flexibility index (Phi) is 3.77. The van der Waals surface area contributed by atoms with Gasteiger partial charge in [-0.25, -0.2) is 9.80 Å². The van der Waals surface area contributed by atoms with E-state index in [0.717, 1.165) is 17.2 Å². The van der Waals surface area contributed by atoms with E-state index in [1.54, 1.807) is 0 Å². The van der Waals surface area contributed by atoms with Gasteiger partial charge in [0, 0.05) is 0 Å². The molecular formula is C15H9N3O7. The zero-order chi connectivity index (χ0) is 18.1. The number of nitrogens with one attached hydrogen (secondary N) is 1. The van der Waals surface area contributed by atoms with Crippen molar-refractivity contribution in [3.8, 4) is 0 Å². The molecule has 25 heavy (non-hydrogen) atoms. The summed E-state index contributed by atoms with van der Waals surface area (Å²) in [6.07, 6.45) is 1.09. The van der Waals surface area contributed by atoms with Crippen LogP contribution in [0.3, 0.4) is 0 Å². The van der Waals surface area contributed by atoms with Gasteiger partial charge in [-0.2, -0.15) is 0 Å². The molecule has 1 aromatic heterocycles. The van der Waals surface area contributed by atoms with Gasteiger partial charge < -0.3 is 9.52 Å². The third kappa shape index (κ3) is 2.95. The van der Waals surface area contributed by atoms with Gasteiger partial charge in [-0.3, -0.25) is 25.1 Å². The molecule has 0 radical (unpaired) electrons. The summed E-state index contributed by atoms with van der Waals surface area (Å²) >= 11 is 0. The topological polar surface area (TPSA) is 143 Å². The molecule has 0 unspecified atom stereocenters. The second-order valence-electron chi connectivity index (χ2n) is 4.92. The molecule has 2 amide bonds. The minimum absolute atomic E-state index is 0.0201. The number of hydrazine groups is 1. The number of furan rings is 1. The van der Waals surface area contributed by atoms with Crippen molar-refractivity contribution in [1.82, 2.24) is 5.43 Å². The van der Waals surface area contributed by atoms with Crippen molar-refractivity contribution in [2.24, 2.45) is 0 Å². The van der Waals surface area contributed by atoms with Gasteiger partial charge in [0.2, 0.25) is 0 Å². The quantitative estimate of drug-likeness (QED) is 0.369. The van der Waals surface area contributed by atoms with Gasteiger partial charge >= 0.3 is 11.9 Å². The van der Waals surface area contributed by atoms with Crippen LogP contribution in [-0.4, -0.2) is 27.8 Å². The maximum absolute atomic E-state index is 12.4. The normalized spacial score (nSPS) is 15.5. The second kappa shape index (κ2) is 5.92. The van der Waals surface area contributed by atoms with Gasteiger partial charge in [-0.05, 0) is 36.4 Å². The number of nitro groups is 1. The number of carbonyl (C=O) groups excluding carboxylic acids is 2. The highest BCUT2D eigenvalue weighted by Crippen LogP contribution is 2.24. The van der Waals surface area contributed by atoms with Crippen molar-refractivity contribution in [1.29, 1.82) is 0 Å². The number of aromatic carboxylic acids is 1. The number of amides is 2. The first-order valence-corrected chi connectivity index (χ1v) is 6.81. The summed E-state index contributed by atoms with van der Waals surface area (Å²) < 4.78 is 4.90. The first kappa shape index (κ1) is 15.9. The van der Waals surface area contributed by atoms with E-state index in [1.165, 1.54) is 30.3 Å². The van der Waals surface area contributed by atoms with Crippen molar-refractivity contribution in [2.45, 2.75) is 0 Å². The van der Waals surface area contributed by atoms with Gasteiger partial charge in [0.15, 0.2) is 0 Å². The van der Waals surface area contributed by atoms with E-state index in [-0.39, 0.29) is 22.6 Å². The van der Waals surface area contributed by atoms with E-state index < -0.39 is 28.6 Å². The van der Waals surface area contributed by atoms with Crippen molar-refractivity contribution < 1.29 is 28.8 Å². The van der Waals surface area contributed by atoms with Gasteiger partial charge in [0.25, 0.3) is 11.8 Å². The molecule has 0 bridgehead atoms. The zero-order valence-corrected chi connectivity index (χ0v) is 12.3. The lowest BCUT2D eigenvalue weighted by atomic mass is 10.2. The predicted octanol–water partition coefficient (Wildman–Crippen LogP) is 1.35. The number of benzene rings is 1. The van der Waals surface area contributed by atoms with Crippen LogP contribution >= 0.6 is 0 Å².